The predicted octanol–water partition coefficient (Wildman–Crippen LogP) is 1.71. The van der Waals surface area contributed by atoms with E-state index in [4.69, 9.17) is 16.1 Å². The van der Waals surface area contributed by atoms with Crippen LogP contribution in [0.15, 0.2) is 33.7 Å². The molecular weight excluding hydrogens is 408 g/mol. The van der Waals surface area contributed by atoms with E-state index >= 15 is 0 Å². The molecule has 1 aromatic heterocycles. The van der Waals surface area contributed by atoms with Gasteiger partial charge < -0.3 is 14.7 Å². The quantitative estimate of drug-likeness (QED) is 0.692. The minimum absolute atomic E-state index is 0.105. The molecule has 0 radical (unpaired) electrons. The molecular formula is C17H21ClN4O5S. The second-order valence-electron chi connectivity index (χ2n) is 6.22. The summed E-state index contributed by atoms with van der Waals surface area (Å²) in [6, 6.07) is 5.58. The van der Waals surface area contributed by atoms with Crippen LogP contribution in [0.2, 0.25) is 5.02 Å². The number of benzene rings is 1. The number of anilines is 1. The topological polar surface area (TPSA) is 122 Å². The number of para-hydroxylation sites is 1. The first kappa shape index (κ1) is 21.9. The molecule has 0 bridgehead atoms. The largest absolute Gasteiger partial charge is 0.360 e. The van der Waals surface area contributed by atoms with E-state index in [0.717, 1.165) is 4.90 Å². The first-order valence-electron chi connectivity index (χ1n) is 8.27. The number of carbonyl (C=O) groups is 2. The summed E-state index contributed by atoms with van der Waals surface area (Å²) >= 11 is 5.98. The molecule has 0 saturated carbocycles. The lowest BCUT2D eigenvalue weighted by atomic mass is 10.3. The number of hydrogen-bond donors (Lipinski definition) is 2. The number of hydrogen-bond acceptors (Lipinski definition) is 6. The van der Waals surface area contributed by atoms with Crippen LogP contribution in [0.5, 0.6) is 0 Å². The van der Waals surface area contributed by atoms with E-state index in [0.29, 0.717) is 10.7 Å². The summed E-state index contributed by atoms with van der Waals surface area (Å²) in [7, 11) is -2.61. The van der Waals surface area contributed by atoms with Gasteiger partial charge in [0.05, 0.1) is 23.3 Å². The molecule has 1 aromatic carbocycles. The van der Waals surface area contributed by atoms with E-state index in [1.807, 2.05) is 0 Å². The molecule has 9 nitrogen and oxygen atoms in total. The molecule has 2 rings (SSSR count). The number of nitrogens with one attached hydrogen (secondary N) is 2. The minimum Gasteiger partial charge on any atom is -0.360 e. The number of likely N-dealkylation sites (N-methyl/N-ethyl adjacent to an activating group) is 1. The lowest BCUT2D eigenvalue weighted by Gasteiger charge is -2.21. The second kappa shape index (κ2) is 8.72. The molecule has 0 aliphatic rings. The van der Waals surface area contributed by atoms with Gasteiger partial charge in [-0.05, 0) is 32.9 Å². The molecule has 2 aromatic rings. The smallest absolute Gasteiger partial charge is 0.246 e. The first-order chi connectivity index (χ1) is 13.0. The van der Waals surface area contributed by atoms with Crippen LogP contribution in [-0.2, 0) is 19.6 Å². The van der Waals surface area contributed by atoms with Crippen LogP contribution in [-0.4, -0.2) is 49.9 Å². The third kappa shape index (κ3) is 5.09. The SMILES string of the molecule is Cc1noc(C)c1S(=O)(=O)N[C@@H](C)C(=O)N(C)CC(=O)Nc1ccccc1Cl. The van der Waals surface area contributed by atoms with Crippen LogP contribution in [0.25, 0.3) is 0 Å². The lowest BCUT2D eigenvalue weighted by molar-refractivity contribution is -0.134. The summed E-state index contributed by atoms with van der Waals surface area (Å²) in [5, 5.41) is 6.57. The Bertz CT molecular complexity index is 970. The molecule has 0 fully saturated rings. The lowest BCUT2D eigenvalue weighted by Crippen LogP contribution is -2.47. The van der Waals surface area contributed by atoms with Gasteiger partial charge in [0.15, 0.2) is 5.76 Å². The van der Waals surface area contributed by atoms with Crippen molar-refractivity contribution in [3.63, 3.8) is 0 Å². The molecule has 11 heteroatoms. The number of amides is 2. The molecule has 2 amide bonds. The first-order valence-corrected chi connectivity index (χ1v) is 10.1. The minimum atomic E-state index is -4.01. The Kier molecular flexibility index (Phi) is 6.81. The Morgan fingerprint density at radius 1 is 1.29 bits per heavy atom. The van der Waals surface area contributed by atoms with Crippen molar-refractivity contribution < 1.29 is 22.5 Å². The molecule has 0 spiro atoms. The molecule has 0 aliphatic heterocycles. The number of nitrogens with zero attached hydrogens (tertiary/aromatic N) is 2. The molecule has 0 saturated heterocycles. The number of sulfonamides is 1. The van der Waals surface area contributed by atoms with Gasteiger partial charge in [0.2, 0.25) is 21.8 Å². The zero-order valence-corrected chi connectivity index (χ0v) is 17.4. The average Bonchev–Trinajstić information content (AvgIpc) is 2.95. The van der Waals surface area contributed by atoms with Gasteiger partial charge in [-0.15, -0.1) is 0 Å². The Morgan fingerprint density at radius 2 is 1.93 bits per heavy atom. The van der Waals surface area contributed by atoms with Gasteiger partial charge >= 0.3 is 0 Å². The van der Waals surface area contributed by atoms with E-state index in [1.165, 1.54) is 27.8 Å². The van der Waals surface area contributed by atoms with Gasteiger partial charge in [-0.1, -0.05) is 28.9 Å². The van der Waals surface area contributed by atoms with Crippen molar-refractivity contribution in [2.24, 2.45) is 0 Å². The number of halogens is 1. The highest BCUT2D eigenvalue weighted by molar-refractivity contribution is 7.89. The van der Waals surface area contributed by atoms with Crippen LogP contribution in [0.3, 0.4) is 0 Å². The Balaban J connectivity index is 2.00. The van der Waals surface area contributed by atoms with Crippen LogP contribution in [0, 0.1) is 13.8 Å². The van der Waals surface area contributed by atoms with Gasteiger partial charge in [-0.2, -0.15) is 4.72 Å². The third-order valence-electron chi connectivity index (χ3n) is 3.84. The predicted molar refractivity (Wildman–Crippen MR) is 103 cm³/mol. The van der Waals surface area contributed by atoms with Crippen LogP contribution >= 0.6 is 11.6 Å². The van der Waals surface area contributed by atoms with Crippen LogP contribution in [0.1, 0.15) is 18.4 Å². The fraction of sp³-hybridized carbons (Fsp3) is 0.353. The monoisotopic (exact) mass is 428 g/mol. The van der Waals surface area contributed by atoms with Crippen molar-refractivity contribution in [2.75, 3.05) is 18.9 Å². The normalized spacial score (nSPS) is 12.5. The average molecular weight is 429 g/mol. The number of carbonyl (C=O) groups excluding carboxylic acids is 2. The number of aryl methyl sites for hydroxylation is 2. The highest BCUT2D eigenvalue weighted by atomic mass is 35.5. The highest BCUT2D eigenvalue weighted by Gasteiger charge is 2.29. The standard InChI is InChI=1S/C17H21ClN4O5S/c1-10-16(12(3)27-20-10)28(25,26)21-11(2)17(24)22(4)9-15(23)19-14-8-6-5-7-13(14)18/h5-8,11,21H,9H2,1-4H3,(H,19,23)/t11-/m0/s1. The molecule has 1 heterocycles. The van der Waals surface area contributed by atoms with Crippen molar-refractivity contribution >= 4 is 39.1 Å². The van der Waals surface area contributed by atoms with Crippen molar-refractivity contribution in [3.8, 4) is 0 Å². The molecule has 152 valence electrons. The zero-order valence-electron chi connectivity index (χ0n) is 15.8. The zero-order chi connectivity index (χ0) is 21.1. The molecule has 1 atom stereocenters. The number of rotatable bonds is 7. The van der Waals surface area contributed by atoms with Crippen LogP contribution in [0.4, 0.5) is 5.69 Å². The van der Waals surface area contributed by atoms with E-state index in [-0.39, 0.29) is 22.9 Å². The third-order valence-corrected chi connectivity index (χ3v) is 5.96. The fourth-order valence-corrected chi connectivity index (χ4v) is 4.29. The highest BCUT2D eigenvalue weighted by Crippen LogP contribution is 2.20. The van der Waals surface area contributed by atoms with Gasteiger partial charge in [-0.25, -0.2) is 8.42 Å². The maximum Gasteiger partial charge on any atom is 0.246 e. The van der Waals surface area contributed by atoms with Crippen molar-refractivity contribution in [1.82, 2.24) is 14.8 Å². The van der Waals surface area contributed by atoms with Gasteiger partial charge in [-0.3, -0.25) is 9.59 Å². The van der Waals surface area contributed by atoms with Gasteiger partial charge in [0.1, 0.15) is 10.6 Å². The summed E-state index contributed by atoms with van der Waals surface area (Å²) in [6.45, 7) is 4.07. The summed E-state index contributed by atoms with van der Waals surface area (Å²) in [6.07, 6.45) is 0. The Morgan fingerprint density at radius 3 is 2.50 bits per heavy atom. The second-order valence-corrected chi connectivity index (χ2v) is 8.28. The van der Waals surface area contributed by atoms with E-state index in [9.17, 15) is 18.0 Å². The van der Waals surface area contributed by atoms with Gasteiger partial charge in [0.25, 0.3) is 0 Å². The fourth-order valence-electron chi connectivity index (χ4n) is 2.58. The van der Waals surface area contributed by atoms with Crippen molar-refractivity contribution in [3.05, 3.63) is 40.7 Å². The summed E-state index contributed by atoms with van der Waals surface area (Å²) in [5.74, 6) is -0.925. The summed E-state index contributed by atoms with van der Waals surface area (Å²) in [4.78, 5) is 25.6. The summed E-state index contributed by atoms with van der Waals surface area (Å²) in [5.41, 5.74) is 0.610. The summed E-state index contributed by atoms with van der Waals surface area (Å²) < 4.78 is 32.1. The Hall–Kier alpha value is -2.43. The molecule has 2 N–H and O–H groups in total. The Labute approximate surface area is 168 Å². The van der Waals surface area contributed by atoms with E-state index < -0.39 is 27.9 Å². The van der Waals surface area contributed by atoms with E-state index in [2.05, 4.69) is 15.2 Å². The van der Waals surface area contributed by atoms with Crippen LogP contribution < -0.4 is 10.0 Å². The molecule has 0 unspecified atom stereocenters. The van der Waals surface area contributed by atoms with Crippen molar-refractivity contribution in [1.29, 1.82) is 0 Å². The molecule has 28 heavy (non-hydrogen) atoms. The van der Waals surface area contributed by atoms with E-state index in [1.54, 1.807) is 24.3 Å². The maximum absolute atomic E-state index is 12.5. The maximum atomic E-state index is 12.5. The number of aromatic nitrogens is 1. The molecule has 0 aliphatic carbocycles. The van der Waals surface area contributed by atoms with Crippen molar-refractivity contribution in [2.45, 2.75) is 31.7 Å². The van der Waals surface area contributed by atoms with Gasteiger partial charge in [0, 0.05) is 7.05 Å².